The number of hydrogen-bond acceptors (Lipinski definition) is 3. The van der Waals surface area contributed by atoms with Crippen molar-refractivity contribution in [3.05, 3.63) is 65.5 Å². The standard InChI is InChI=1S/C19H19F2N3O3/c20-15-6-3-5-14(17(15)21)12-7-8-16(18(25)23-10-12)24(19(26)27)11-13-4-1-2-9-22-13/h1-6,9,12,16H,7-8,10-11H2,(H,23,25)(H,26,27)/t12-,16-/m1/s1. The van der Waals surface area contributed by atoms with Crippen LogP contribution in [0.5, 0.6) is 0 Å². The first kappa shape index (κ1) is 18.8. The number of aromatic nitrogens is 1. The van der Waals surface area contributed by atoms with Crippen LogP contribution in [0.15, 0.2) is 42.6 Å². The van der Waals surface area contributed by atoms with Gasteiger partial charge in [-0.25, -0.2) is 13.6 Å². The number of hydrogen-bond donors (Lipinski definition) is 2. The Balaban J connectivity index is 1.79. The van der Waals surface area contributed by atoms with Crippen LogP contribution in [0.25, 0.3) is 0 Å². The summed E-state index contributed by atoms with van der Waals surface area (Å²) >= 11 is 0. The first-order valence-corrected chi connectivity index (χ1v) is 8.58. The third-order valence-electron chi connectivity index (χ3n) is 4.72. The first-order valence-electron chi connectivity index (χ1n) is 8.58. The van der Waals surface area contributed by atoms with E-state index in [0.29, 0.717) is 12.1 Å². The lowest BCUT2D eigenvalue weighted by Gasteiger charge is -2.26. The van der Waals surface area contributed by atoms with E-state index in [0.717, 1.165) is 11.0 Å². The zero-order valence-electron chi connectivity index (χ0n) is 14.4. The molecule has 0 unspecified atom stereocenters. The van der Waals surface area contributed by atoms with E-state index >= 15 is 0 Å². The molecule has 3 rings (SSSR count). The Morgan fingerprint density at radius 1 is 1.22 bits per heavy atom. The Kier molecular flexibility index (Phi) is 5.63. The summed E-state index contributed by atoms with van der Waals surface area (Å²) < 4.78 is 27.6. The molecule has 0 bridgehead atoms. The van der Waals surface area contributed by atoms with Gasteiger partial charge in [-0.15, -0.1) is 0 Å². The molecular weight excluding hydrogens is 356 g/mol. The van der Waals surface area contributed by atoms with E-state index in [4.69, 9.17) is 0 Å². The SMILES string of the molecule is O=C1NC[C@H](c2cccc(F)c2F)CC[C@H]1N(Cc1ccccn1)C(=O)O. The predicted octanol–water partition coefficient (Wildman–Crippen LogP) is 2.90. The Morgan fingerprint density at radius 3 is 2.74 bits per heavy atom. The maximum absolute atomic E-state index is 14.1. The molecule has 1 fully saturated rings. The van der Waals surface area contributed by atoms with Gasteiger partial charge < -0.3 is 10.4 Å². The lowest BCUT2D eigenvalue weighted by Crippen LogP contribution is -2.48. The van der Waals surface area contributed by atoms with Gasteiger partial charge in [0.05, 0.1) is 12.2 Å². The summed E-state index contributed by atoms with van der Waals surface area (Å²) in [7, 11) is 0. The topological polar surface area (TPSA) is 82.5 Å². The fourth-order valence-electron chi connectivity index (χ4n) is 3.31. The molecule has 1 aromatic carbocycles. The van der Waals surface area contributed by atoms with E-state index in [1.54, 1.807) is 24.4 Å². The summed E-state index contributed by atoms with van der Waals surface area (Å²) in [5.41, 5.74) is 0.701. The van der Waals surface area contributed by atoms with Crippen LogP contribution in [0.3, 0.4) is 0 Å². The van der Waals surface area contributed by atoms with Crippen LogP contribution in [0.1, 0.15) is 30.0 Å². The van der Waals surface area contributed by atoms with Crippen molar-refractivity contribution in [2.75, 3.05) is 6.54 Å². The number of nitrogens with zero attached hydrogens (tertiary/aromatic N) is 2. The average Bonchev–Trinajstić information content (AvgIpc) is 2.84. The van der Waals surface area contributed by atoms with Crippen molar-refractivity contribution >= 4 is 12.0 Å². The van der Waals surface area contributed by atoms with E-state index in [-0.39, 0.29) is 25.1 Å². The number of benzene rings is 1. The van der Waals surface area contributed by atoms with Gasteiger partial charge in [0.1, 0.15) is 6.04 Å². The Labute approximate surface area is 154 Å². The fourth-order valence-corrected chi connectivity index (χ4v) is 3.31. The lowest BCUT2D eigenvalue weighted by atomic mass is 9.93. The third kappa shape index (κ3) is 4.21. The number of carboxylic acid groups (broad SMARTS) is 1. The summed E-state index contributed by atoms with van der Waals surface area (Å²) in [6, 6.07) is 8.14. The summed E-state index contributed by atoms with van der Waals surface area (Å²) in [6.07, 6.45) is 0.850. The first-order chi connectivity index (χ1) is 13.0. The molecule has 0 aliphatic carbocycles. The molecule has 0 spiro atoms. The highest BCUT2D eigenvalue weighted by Crippen LogP contribution is 2.28. The number of rotatable bonds is 4. The number of carbonyl (C=O) groups is 2. The fraction of sp³-hybridized carbons (Fsp3) is 0.316. The predicted molar refractivity (Wildman–Crippen MR) is 92.9 cm³/mol. The second kappa shape index (κ2) is 8.11. The largest absolute Gasteiger partial charge is 0.465 e. The Morgan fingerprint density at radius 2 is 2.04 bits per heavy atom. The molecule has 2 atom stereocenters. The minimum atomic E-state index is -1.24. The second-order valence-electron chi connectivity index (χ2n) is 6.41. The molecule has 8 heteroatoms. The van der Waals surface area contributed by atoms with E-state index in [9.17, 15) is 23.5 Å². The van der Waals surface area contributed by atoms with E-state index in [2.05, 4.69) is 10.3 Å². The van der Waals surface area contributed by atoms with Crippen LogP contribution in [0.4, 0.5) is 13.6 Å². The second-order valence-corrected chi connectivity index (χ2v) is 6.41. The van der Waals surface area contributed by atoms with Crippen LogP contribution in [-0.2, 0) is 11.3 Å². The van der Waals surface area contributed by atoms with E-state index in [1.807, 2.05) is 0 Å². The summed E-state index contributed by atoms with van der Waals surface area (Å²) in [4.78, 5) is 29.3. The molecule has 1 aliphatic heterocycles. The number of amides is 2. The van der Waals surface area contributed by atoms with Gasteiger partial charge in [-0.05, 0) is 36.6 Å². The van der Waals surface area contributed by atoms with Gasteiger partial charge in [0.15, 0.2) is 11.6 Å². The van der Waals surface area contributed by atoms with Gasteiger partial charge in [-0.1, -0.05) is 18.2 Å². The molecule has 1 aliphatic rings. The highest BCUT2D eigenvalue weighted by molar-refractivity contribution is 5.85. The van der Waals surface area contributed by atoms with E-state index < -0.39 is 35.6 Å². The molecule has 1 saturated heterocycles. The van der Waals surface area contributed by atoms with Crippen molar-refractivity contribution in [3.8, 4) is 0 Å². The van der Waals surface area contributed by atoms with Gasteiger partial charge in [0.2, 0.25) is 5.91 Å². The summed E-state index contributed by atoms with van der Waals surface area (Å²) in [6.45, 7) is 0.0833. The molecule has 2 amide bonds. The zero-order valence-corrected chi connectivity index (χ0v) is 14.4. The highest BCUT2D eigenvalue weighted by Gasteiger charge is 2.34. The van der Waals surface area contributed by atoms with Gasteiger partial charge in [0.25, 0.3) is 0 Å². The molecule has 142 valence electrons. The molecule has 0 saturated carbocycles. The number of nitrogens with one attached hydrogen (secondary N) is 1. The number of halogens is 2. The van der Waals surface area contributed by atoms with Crippen molar-refractivity contribution in [2.45, 2.75) is 31.3 Å². The molecule has 6 nitrogen and oxygen atoms in total. The van der Waals surface area contributed by atoms with Crippen LogP contribution in [-0.4, -0.2) is 39.6 Å². The summed E-state index contributed by atoms with van der Waals surface area (Å²) in [5, 5.41) is 12.2. The molecule has 2 N–H and O–H groups in total. The minimum Gasteiger partial charge on any atom is -0.465 e. The van der Waals surface area contributed by atoms with Crippen LogP contribution in [0.2, 0.25) is 0 Å². The van der Waals surface area contributed by atoms with Crippen molar-refractivity contribution in [1.82, 2.24) is 15.2 Å². The van der Waals surface area contributed by atoms with Gasteiger partial charge in [-0.3, -0.25) is 14.7 Å². The molecule has 2 heterocycles. The smallest absolute Gasteiger partial charge is 0.408 e. The highest BCUT2D eigenvalue weighted by atomic mass is 19.2. The molecule has 1 aromatic heterocycles. The van der Waals surface area contributed by atoms with Crippen LogP contribution in [0, 0.1) is 11.6 Å². The zero-order chi connectivity index (χ0) is 19.4. The maximum atomic E-state index is 14.1. The van der Waals surface area contributed by atoms with Crippen molar-refractivity contribution in [3.63, 3.8) is 0 Å². The molecule has 0 radical (unpaired) electrons. The Bertz CT molecular complexity index is 832. The van der Waals surface area contributed by atoms with Crippen LogP contribution < -0.4 is 5.32 Å². The minimum absolute atomic E-state index is 0.0345. The molecule has 2 aromatic rings. The lowest BCUT2D eigenvalue weighted by molar-refractivity contribution is -0.125. The maximum Gasteiger partial charge on any atom is 0.408 e. The van der Waals surface area contributed by atoms with Crippen molar-refractivity contribution < 1.29 is 23.5 Å². The number of pyridine rings is 1. The average molecular weight is 375 g/mol. The monoisotopic (exact) mass is 375 g/mol. The van der Waals surface area contributed by atoms with Gasteiger partial charge >= 0.3 is 6.09 Å². The molecule has 27 heavy (non-hydrogen) atoms. The normalized spacial score (nSPS) is 19.9. The number of carbonyl (C=O) groups excluding carboxylic acids is 1. The van der Waals surface area contributed by atoms with Crippen molar-refractivity contribution in [2.24, 2.45) is 0 Å². The Hall–Kier alpha value is -3.03. The van der Waals surface area contributed by atoms with E-state index in [1.165, 1.54) is 12.1 Å². The van der Waals surface area contributed by atoms with Crippen LogP contribution >= 0.6 is 0 Å². The quantitative estimate of drug-likeness (QED) is 0.861. The summed E-state index contributed by atoms with van der Waals surface area (Å²) in [5.74, 6) is -2.76. The van der Waals surface area contributed by atoms with Gasteiger partial charge in [-0.2, -0.15) is 0 Å². The third-order valence-corrected chi connectivity index (χ3v) is 4.72. The molecular formula is C19H19F2N3O3. The van der Waals surface area contributed by atoms with Crippen molar-refractivity contribution in [1.29, 1.82) is 0 Å². The van der Waals surface area contributed by atoms with Gasteiger partial charge in [0, 0.05) is 18.7 Å².